The van der Waals surface area contributed by atoms with Gasteiger partial charge in [-0.25, -0.2) is 0 Å². The molecular formula is C19H27P. The molecule has 1 saturated carbocycles. The van der Waals surface area contributed by atoms with Gasteiger partial charge in [-0.2, -0.15) is 0 Å². The first-order chi connectivity index (χ1) is 9.65. The largest absolute Gasteiger partial charge is 0.107 e. The molecule has 0 heterocycles. The van der Waals surface area contributed by atoms with Gasteiger partial charge < -0.3 is 0 Å². The molecule has 3 rings (SSSR count). The normalized spacial score (nSPS) is 33.2. The summed E-state index contributed by atoms with van der Waals surface area (Å²) in [6, 6.07) is 8.96. The zero-order chi connectivity index (χ0) is 14.1. The van der Waals surface area contributed by atoms with Gasteiger partial charge in [-0.05, 0) is 47.4 Å². The fraction of sp³-hybridized carbons (Fsp3) is 0.579. The minimum atomic E-state index is 0.697. The molecule has 0 aliphatic heterocycles. The molecule has 108 valence electrons. The molecule has 1 aromatic carbocycles. The van der Waals surface area contributed by atoms with Crippen molar-refractivity contribution in [1.29, 1.82) is 0 Å². The zero-order valence-electron chi connectivity index (χ0n) is 13.0. The van der Waals surface area contributed by atoms with Gasteiger partial charge in [0, 0.05) is 5.66 Å². The molecular weight excluding hydrogens is 259 g/mol. The summed E-state index contributed by atoms with van der Waals surface area (Å²) in [6.07, 6.45) is 9.15. The number of rotatable bonds is 3. The Balaban J connectivity index is 1.75. The molecule has 0 aromatic heterocycles. The Morgan fingerprint density at radius 1 is 1.15 bits per heavy atom. The van der Waals surface area contributed by atoms with Crippen LogP contribution in [0.2, 0.25) is 0 Å². The standard InChI is InChI=1S/C19H27P/c1-13(2)16-10-8-14(3)12-19(16)20-18-11-9-15-6-4-5-7-17(15)18/h4-7,9,11,13-14,16,18-20H,8,10,12H2,1-3H3. The van der Waals surface area contributed by atoms with Crippen LogP contribution in [0.15, 0.2) is 30.3 Å². The van der Waals surface area contributed by atoms with Crippen molar-refractivity contribution in [2.24, 2.45) is 17.8 Å². The molecule has 0 bridgehead atoms. The number of hydrogen-bond donors (Lipinski definition) is 0. The Bertz CT molecular complexity index is 488. The van der Waals surface area contributed by atoms with Crippen molar-refractivity contribution < 1.29 is 0 Å². The van der Waals surface area contributed by atoms with E-state index in [-0.39, 0.29) is 0 Å². The second-order valence-electron chi connectivity index (χ2n) is 7.06. The van der Waals surface area contributed by atoms with Crippen molar-refractivity contribution in [1.82, 2.24) is 0 Å². The zero-order valence-corrected chi connectivity index (χ0v) is 14.0. The molecule has 20 heavy (non-hydrogen) atoms. The third kappa shape index (κ3) is 2.86. The summed E-state index contributed by atoms with van der Waals surface area (Å²) < 4.78 is 0. The summed E-state index contributed by atoms with van der Waals surface area (Å²) in [5.74, 6) is 2.73. The lowest BCUT2D eigenvalue weighted by atomic mass is 9.77. The first-order valence-electron chi connectivity index (χ1n) is 8.18. The van der Waals surface area contributed by atoms with Gasteiger partial charge in [0.1, 0.15) is 0 Å². The van der Waals surface area contributed by atoms with Crippen LogP contribution >= 0.6 is 8.58 Å². The van der Waals surface area contributed by atoms with Gasteiger partial charge in [0.05, 0.1) is 0 Å². The summed E-state index contributed by atoms with van der Waals surface area (Å²) in [7, 11) is 1.07. The molecule has 5 atom stereocenters. The maximum absolute atomic E-state index is 2.46. The Labute approximate surface area is 125 Å². The third-order valence-corrected chi connectivity index (χ3v) is 7.17. The molecule has 0 radical (unpaired) electrons. The molecule has 1 fully saturated rings. The van der Waals surface area contributed by atoms with Gasteiger partial charge in [-0.1, -0.05) is 63.6 Å². The molecule has 0 N–H and O–H groups in total. The maximum atomic E-state index is 2.46. The summed E-state index contributed by atoms with van der Waals surface area (Å²) >= 11 is 0. The van der Waals surface area contributed by atoms with Gasteiger partial charge in [-0.3, -0.25) is 0 Å². The van der Waals surface area contributed by atoms with E-state index in [1.165, 1.54) is 24.8 Å². The van der Waals surface area contributed by atoms with Crippen LogP contribution in [-0.4, -0.2) is 5.66 Å². The van der Waals surface area contributed by atoms with E-state index in [2.05, 4.69) is 57.2 Å². The average molecular weight is 286 g/mol. The van der Waals surface area contributed by atoms with E-state index in [1.807, 2.05) is 0 Å². The number of hydrogen-bond acceptors (Lipinski definition) is 0. The summed E-state index contributed by atoms with van der Waals surface area (Å²) in [4.78, 5) is 0. The first-order valence-corrected chi connectivity index (χ1v) is 9.34. The van der Waals surface area contributed by atoms with Gasteiger partial charge >= 0.3 is 0 Å². The van der Waals surface area contributed by atoms with Crippen molar-refractivity contribution in [2.45, 2.75) is 51.4 Å². The van der Waals surface area contributed by atoms with Crippen molar-refractivity contribution in [3.05, 3.63) is 41.5 Å². The number of fused-ring (bicyclic) bond motifs is 1. The molecule has 5 unspecified atom stereocenters. The van der Waals surface area contributed by atoms with Crippen LogP contribution in [-0.2, 0) is 0 Å². The highest BCUT2D eigenvalue weighted by Gasteiger charge is 2.33. The second-order valence-corrected chi connectivity index (χ2v) is 8.76. The minimum absolute atomic E-state index is 0.697. The average Bonchev–Trinajstić information content (AvgIpc) is 2.82. The van der Waals surface area contributed by atoms with Crippen LogP contribution in [0.5, 0.6) is 0 Å². The lowest BCUT2D eigenvalue weighted by Gasteiger charge is -2.38. The van der Waals surface area contributed by atoms with Crippen LogP contribution in [0, 0.1) is 17.8 Å². The fourth-order valence-electron chi connectivity index (χ4n) is 4.02. The van der Waals surface area contributed by atoms with Gasteiger partial charge in [0.25, 0.3) is 0 Å². The highest BCUT2D eigenvalue weighted by atomic mass is 31.1. The topological polar surface area (TPSA) is 0 Å². The predicted octanol–water partition coefficient (Wildman–Crippen LogP) is 5.89. The molecule has 2 aliphatic rings. The molecule has 0 nitrogen and oxygen atoms in total. The first kappa shape index (κ1) is 14.3. The Morgan fingerprint density at radius 3 is 2.75 bits per heavy atom. The van der Waals surface area contributed by atoms with Crippen molar-refractivity contribution in [3.8, 4) is 0 Å². The van der Waals surface area contributed by atoms with E-state index in [9.17, 15) is 0 Å². The van der Waals surface area contributed by atoms with Crippen LogP contribution in [0.3, 0.4) is 0 Å². The van der Waals surface area contributed by atoms with Crippen molar-refractivity contribution >= 4 is 14.7 Å². The van der Waals surface area contributed by atoms with Crippen LogP contribution in [0.4, 0.5) is 0 Å². The molecule has 1 heteroatoms. The SMILES string of the molecule is CC1CCC(C(C)C)C(PC2C=Cc3ccccc32)C1. The van der Waals surface area contributed by atoms with Gasteiger partial charge in [0.2, 0.25) is 0 Å². The molecule has 0 saturated heterocycles. The third-order valence-electron chi connectivity index (χ3n) is 5.22. The second kappa shape index (κ2) is 6.02. The summed E-state index contributed by atoms with van der Waals surface area (Å²) in [5.41, 5.74) is 4.67. The quantitative estimate of drug-likeness (QED) is 0.607. The van der Waals surface area contributed by atoms with E-state index in [0.717, 1.165) is 32.0 Å². The maximum Gasteiger partial charge on any atom is 0.0204 e. The molecule has 1 aromatic rings. The minimum Gasteiger partial charge on any atom is -0.107 e. The molecule has 0 amide bonds. The Morgan fingerprint density at radius 2 is 1.95 bits per heavy atom. The number of benzene rings is 1. The van der Waals surface area contributed by atoms with Crippen LogP contribution in [0.1, 0.15) is 56.8 Å². The molecule has 0 spiro atoms. The predicted molar refractivity (Wildman–Crippen MR) is 91.7 cm³/mol. The smallest absolute Gasteiger partial charge is 0.0204 e. The van der Waals surface area contributed by atoms with Crippen molar-refractivity contribution in [3.63, 3.8) is 0 Å². The highest BCUT2D eigenvalue weighted by Crippen LogP contribution is 2.52. The van der Waals surface area contributed by atoms with Gasteiger partial charge in [-0.15, -0.1) is 8.58 Å². The molecule has 2 aliphatic carbocycles. The van der Waals surface area contributed by atoms with E-state index in [0.29, 0.717) is 5.66 Å². The van der Waals surface area contributed by atoms with E-state index in [4.69, 9.17) is 0 Å². The van der Waals surface area contributed by atoms with E-state index < -0.39 is 0 Å². The monoisotopic (exact) mass is 286 g/mol. The summed E-state index contributed by atoms with van der Waals surface area (Å²) in [5, 5.41) is 0. The van der Waals surface area contributed by atoms with Crippen LogP contribution < -0.4 is 0 Å². The number of allylic oxidation sites excluding steroid dienone is 1. The summed E-state index contributed by atoms with van der Waals surface area (Å²) in [6.45, 7) is 7.31. The van der Waals surface area contributed by atoms with E-state index >= 15 is 0 Å². The lowest BCUT2D eigenvalue weighted by molar-refractivity contribution is 0.242. The Kier molecular flexibility index (Phi) is 4.32. The highest BCUT2D eigenvalue weighted by molar-refractivity contribution is 7.39. The lowest BCUT2D eigenvalue weighted by Crippen LogP contribution is -2.29. The van der Waals surface area contributed by atoms with Crippen molar-refractivity contribution in [2.75, 3.05) is 0 Å². The van der Waals surface area contributed by atoms with Gasteiger partial charge in [0.15, 0.2) is 0 Å². The fourth-order valence-corrected chi connectivity index (χ4v) is 6.47. The van der Waals surface area contributed by atoms with Crippen LogP contribution in [0.25, 0.3) is 6.08 Å². The van der Waals surface area contributed by atoms with E-state index in [1.54, 1.807) is 5.56 Å². The Hall–Kier alpha value is -0.610.